The molecule has 0 spiro atoms. The average molecular weight is 283 g/mol. The van der Waals surface area contributed by atoms with Crippen LogP contribution in [0.5, 0.6) is 0 Å². The van der Waals surface area contributed by atoms with E-state index in [9.17, 15) is 0 Å². The lowest BCUT2D eigenvalue weighted by Crippen LogP contribution is -2.16. The Bertz CT molecular complexity index is 561. The Hall–Kier alpha value is -2.03. The second-order valence-electron chi connectivity index (χ2n) is 5.47. The SMILES string of the molecule is CCc1ccc(C(CC)Nc2cccnc2N(C)C)cc1. The molecular formula is C18H25N3. The molecule has 1 N–H and O–H groups in total. The van der Waals surface area contributed by atoms with E-state index in [0.29, 0.717) is 6.04 Å². The summed E-state index contributed by atoms with van der Waals surface area (Å²) in [5, 5.41) is 3.63. The number of rotatable bonds is 6. The van der Waals surface area contributed by atoms with Gasteiger partial charge in [-0.1, -0.05) is 38.1 Å². The van der Waals surface area contributed by atoms with Gasteiger partial charge in [0.1, 0.15) is 0 Å². The lowest BCUT2D eigenvalue weighted by Gasteiger charge is -2.23. The molecule has 0 aliphatic carbocycles. The Kier molecular flexibility index (Phi) is 5.20. The fraction of sp³-hybridized carbons (Fsp3) is 0.389. The molecule has 0 radical (unpaired) electrons. The summed E-state index contributed by atoms with van der Waals surface area (Å²) >= 11 is 0. The van der Waals surface area contributed by atoms with Gasteiger partial charge in [0.05, 0.1) is 11.7 Å². The number of nitrogens with zero attached hydrogens (tertiary/aromatic N) is 2. The third-order valence-electron chi connectivity index (χ3n) is 3.74. The van der Waals surface area contributed by atoms with Crippen molar-refractivity contribution in [2.45, 2.75) is 32.7 Å². The van der Waals surface area contributed by atoms with Crippen molar-refractivity contribution >= 4 is 11.5 Å². The second kappa shape index (κ2) is 7.11. The van der Waals surface area contributed by atoms with Gasteiger partial charge in [-0.15, -0.1) is 0 Å². The monoisotopic (exact) mass is 283 g/mol. The van der Waals surface area contributed by atoms with Crippen LogP contribution >= 0.6 is 0 Å². The maximum Gasteiger partial charge on any atom is 0.151 e. The van der Waals surface area contributed by atoms with E-state index in [1.807, 2.05) is 31.3 Å². The van der Waals surface area contributed by atoms with E-state index in [-0.39, 0.29) is 0 Å². The zero-order chi connectivity index (χ0) is 15.2. The highest BCUT2D eigenvalue weighted by molar-refractivity contribution is 5.65. The number of nitrogens with one attached hydrogen (secondary N) is 1. The van der Waals surface area contributed by atoms with E-state index in [1.165, 1.54) is 11.1 Å². The lowest BCUT2D eigenvalue weighted by molar-refractivity contribution is 0.747. The molecule has 0 saturated carbocycles. The molecule has 0 bridgehead atoms. The van der Waals surface area contributed by atoms with Crippen LogP contribution in [0.15, 0.2) is 42.6 Å². The first-order valence-electron chi connectivity index (χ1n) is 7.63. The highest BCUT2D eigenvalue weighted by Crippen LogP contribution is 2.28. The molecule has 0 aliphatic heterocycles. The summed E-state index contributed by atoms with van der Waals surface area (Å²) in [7, 11) is 4.04. The topological polar surface area (TPSA) is 28.2 Å². The van der Waals surface area contributed by atoms with Crippen molar-refractivity contribution in [3.63, 3.8) is 0 Å². The molecule has 112 valence electrons. The van der Waals surface area contributed by atoms with E-state index >= 15 is 0 Å². The van der Waals surface area contributed by atoms with E-state index in [2.05, 4.69) is 54.5 Å². The quantitative estimate of drug-likeness (QED) is 0.858. The Morgan fingerprint density at radius 1 is 1.10 bits per heavy atom. The Morgan fingerprint density at radius 2 is 1.81 bits per heavy atom. The van der Waals surface area contributed by atoms with Crippen molar-refractivity contribution < 1.29 is 0 Å². The molecule has 3 nitrogen and oxygen atoms in total. The van der Waals surface area contributed by atoms with Gasteiger partial charge in [0.2, 0.25) is 0 Å². The van der Waals surface area contributed by atoms with Gasteiger partial charge in [0.15, 0.2) is 5.82 Å². The zero-order valence-electron chi connectivity index (χ0n) is 13.4. The highest BCUT2D eigenvalue weighted by atomic mass is 15.2. The summed E-state index contributed by atoms with van der Waals surface area (Å²) < 4.78 is 0. The number of benzene rings is 1. The van der Waals surface area contributed by atoms with Crippen LogP contribution in [-0.4, -0.2) is 19.1 Å². The fourth-order valence-corrected chi connectivity index (χ4v) is 2.46. The summed E-state index contributed by atoms with van der Waals surface area (Å²) in [4.78, 5) is 6.49. The van der Waals surface area contributed by atoms with Crippen LogP contribution in [0.3, 0.4) is 0 Å². The number of aryl methyl sites for hydroxylation is 1. The minimum atomic E-state index is 0.304. The summed E-state index contributed by atoms with van der Waals surface area (Å²) in [5.74, 6) is 0.973. The van der Waals surface area contributed by atoms with Crippen molar-refractivity contribution in [3.05, 3.63) is 53.7 Å². The van der Waals surface area contributed by atoms with E-state index in [4.69, 9.17) is 0 Å². The van der Waals surface area contributed by atoms with Crippen molar-refractivity contribution in [2.24, 2.45) is 0 Å². The molecule has 0 saturated heterocycles. The van der Waals surface area contributed by atoms with Crippen LogP contribution in [0.2, 0.25) is 0 Å². The number of aromatic nitrogens is 1. The van der Waals surface area contributed by atoms with Gasteiger partial charge < -0.3 is 10.2 Å². The fourth-order valence-electron chi connectivity index (χ4n) is 2.46. The van der Waals surface area contributed by atoms with E-state index in [1.54, 1.807) is 0 Å². The summed E-state index contributed by atoms with van der Waals surface area (Å²) in [6, 6.07) is 13.3. The van der Waals surface area contributed by atoms with Gasteiger partial charge in [-0.25, -0.2) is 4.98 Å². The zero-order valence-corrected chi connectivity index (χ0v) is 13.4. The van der Waals surface area contributed by atoms with Gasteiger partial charge in [-0.2, -0.15) is 0 Å². The lowest BCUT2D eigenvalue weighted by atomic mass is 10.0. The molecule has 2 aromatic rings. The van der Waals surface area contributed by atoms with Crippen LogP contribution in [0.4, 0.5) is 11.5 Å². The molecular weight excluding hydrogens is 258 g/mol. The predicted molar refractivity (Wildman–Crippen MR) is 91.0 cm³/mol. The molecule has 1 aromatic carbocycles. The molecule has 1 unspecified atom stereocenters. The van der Waals surface area contributed by atoms with Crippen LogP contribution in [0.25, 0.3) is 0 Å². The number of anilines is 2. The number of pyridine rings is 1. The molecule has 2 rings (SSSR count). The Labute approximate surface area is 128 Å². The van der Waals surface area contributed by atoms with Gasteiger partial charge in [-0.05, 0) is 36.1 Å². The predicted octanol–water partition coefficient (Wildman–Crippen LogP) is 4.27. The normalized spacial score (nSPS) is 12.0. The standard InChI is InChI=1S/C18H25N3/c1-5-14-9-11-15(12-10-14)16(6-2)20-17-8-7-13-19-18(17)21(3)4/h7-13,16,20H,5-6H2,1-4H3. The smallest absolute Gasteiger partial charge is 0.151 e. The first kappa shape index (κ1) is 15.4. The molecule has 0 amide bonds. The largest absolute Gasteiger partial charge is 0.375 e. The minimum absolute atomic E-state index is 0.304. The van der Waals surface area contributed by atoms with Crippen LogP contribution in [0, 0.1) is 0 Å². The summed E-state index contributed by atoms with van der Waals surface area (Å²) in [6.07, 6.45) is 3.95. The molecule has 1 atom stereocenters. The summed E-state index contributed by atoms with van der Waals surface area (Å²) in [5.41, 5.74) is 3.78. The Morgan fingerprint density at radius 3 is 2.38 bits per heavy atom. The first-order valence-corrected chi connectivity index (χ1v) is 7.63. The number of hydrogen-bond acceptors (Lipinski definition) is 3. The van der Waals surface area contributed by atoms with Gasteiger partial charge >= 0.3 is 0 Å². The molecule has 1 aromatic heterocycles. The van der Waals surface area contributed by atoms with Gasteiger partial charge in [-0.3, -0.25) is 0 Å². The molecule has 0 fully saturated rings. The number of hydrogen-bond donors (Lipinski definition) is 1. The second-order valence-corrected chi connectivity index (χ2v) is 5.47. The first-order chi connectivity index (χ1) is 10.2. The third-order valence-corrected chi connectivity index (χ3v) is 3.74. The Balaban J connectivity index is 2.22. The maximum atomic E-state index is 4.45. The summed E-state index contributed by atoms with van der Waals surface area (Å²) in [6.45, 7) is 4.39. The van der Waals surface area contributed by atoms with Crippen molar-refractivity contribution in [1.82, 2.24) is 4.98 Å². The maximum absolute atomic E-state index is 4.45. The molecule has 3 heteroatoms. The van der Waals surface area contributed by atoms with Crippen LogP contribution in [0.1, 0.15) is 37.4 Å². The van der Waals surface area contributed by atoms with Crippen LogP contribution in [-0.2, 0) is 6.42 Å². The average Bonchev–Trinajstić information content (AvgIpc) is 2.53. The van der Waals surface area contributed by atoms with Crippen molar-refractivity contribution in [3.8, 4) is 0 Å². The minimum Gasteiger partial charge on any atom is -0.375 e. The molecule has 1 heterocycles. The van der Waals surface area contributed by atoms with E-state index in [0.717, 1.165) is 24.3 Å². The van der Waals surface area contributed by atoms with Crippen LogP contribution < -0.4 is 10.2 Å². The third kappa shape index (κ3) is 3.75. The highest BCUT2D eigenvalue weighted by Gasteiger charge is 2.12. The van der Waals surface area contributed by atoms with E-state index < -0.39 is 0 Å². The van der Waals surface area contributed by atoms with Crippen molar-refractivity contribution in [1.29, 1.82) is 0 Å². The van der Waals surface area contributed by atoms with Gasteiger partial charge in [0.25, 0.3) is 0 Å². The van der Waals surface area contributed by atoms with Gasteiger partial charge in [0, 0.05) is 20.3 Å². The molecule has 0 aliphatic rings. The van der Waals surface area contributed by atoms with Crippen molar-refractivity contribution in [2.75, 3.05) is 24.3 Å². The molecule has 21 heavy (non-hydrogen) atoms.